The molecule has 1 aliphatic rings. The van der Waals surface area contributed by atoms with Crippen LogP contribution in [0, 0.1) is 0 Å². The minimum atomic E-state index is -0.599. The summed E-state index contributed by atoms with van der Waals surface area (Å²) in [5.74, 6) is -0.171. The highest BCUT2D eigenvalue weighted by atomic mass is 16.6. The first-order valence-electron chi connectivity index (χ1n) is 9.81. The second kappa shape index (κ2) is 10.4. The Morgan fingerprint density at radius 2 is 1.73 bits per heavy atom. The summed E-state index contributed by atoms with van der Waals surface area (Å²) < 4.78 is 9.78. The third-order valence-electron chi connectivity index (χ3n) is 4.65. The number of hydrogen-bond acceptors (Lipinski definition) is 5. The number of piperidine rings is 1. The molecule has 0 spiro atoms. The van der Waals surface area contributed by atoms with Crippen LogP contribution in [0.4, 0.5) is 21.9 Å². The predicted molar refractivity (Wildman–Crippen MR) is 114 cm³/mol. The normalized spacial score (nSPS) is 13.6. The van der Waals surface area contributed by atoms with Gasteiger partial charge in [-0.25, -0.2) is 4.79 Å². The van der Waals surface area contributed by atoms with Crippen molar-refractivity contribution in [2.24, 2.45) is 0 Å². The SMILES string of the molecule is COCCOC(=O)Nc1cccc(NC(=O)c2ccc(N3CCCCC3=O)cc2)c1. The van der Waals surface area contributed by atoms with Gasteiger partial charge in [0.05, 0.1) is 6.61 Å². The quantitative estimate of drug-likeness (QED) is 0.678. The molecule has 0 bridgehead atoms. The molecule has 3 rings (SSSR count). The van der Waals surface area contributed by atoms with Crippen LogP contribution in [0.3, 0.4) is 0 Å². The van der Waals surface area contributed by atoms with E-state index in [1.54, 1.807) is 53.4 Å². The summed E-state index contributed by atoms with van der Waals surface area (Å²) in [5, 5.41) is 5.40. The van der Waals surface area contributed by atoms with E-state index < -0.39 is 6.09 Å². The van der Waals surface area contributed by atoms with Crippen molar-refractivity contribution in [1.29, 1.82) is 0 Å². The van der Waals surface area contributed by atoms with Crippen molar-refractivity contribution in [2.75, 3.05) is 42.4 Å². The summed E-state index contributed by atoms with van der Waals surface area (Å²) in [6, 6.07) is 13.7. The maximum absolute atomic E-state index is 12.6. The Labute approximate surface area is 175 Å². The first kappa shape index (κ1) is 21.3. The Hall–Kier alpha value is -3.39. The number of carbonyl (C=O) groups excluding carboxylic acids is 3. The highest BCUT2D eigenvalue weighted by Crippen LogP contribution is 2.22. The van der Waals surface area contributed by atoms with Gasteiger partial charge in [0.15, 0.2) is 0 Å². The number of methoxy groups -OCH3 is 1. The van der Waals surface area contributed by atoms with Crippen LogP contribution in [0.1, 0.15) is 29.6 Å². The molecule has 2 aromatic carbocycles. The topological polar surface area (TPSA) is 97.0 Å². The fourth-order valence-corrected chi connectivity index (χ4v) is 3.12. The van der Waals surface area contributed by atoms with Gasteiger partial charge in [-0.15, -0.1) is 0 Å². The number of hydrogen-bond donors (Lipinski definition) is 2. The number of ether oxygens (including phenoxy) is 2. The van der Waals surface area contributed by atoms with E-state index in [1.165, 1.54) is 7.11 Å². The lowest BCUT2D eigenvalue weighted by atomic mass is 10.1. The van der Waals surface area contributed by atoms with E-state index in [1.807, 2.05) is 0 Å². The van der Waals surface area contributed by atoms with Gasteiger partial charge in [-0.3, -0.25) is 14.9 Å². The summed E-state index contributed by atoms with van der Waals surface area (Å²) >= 11 is 0. The molecule has 0 radical (unpaired) electrons. The van der Waals surface area contributed by atoms with Gasteiger partial charge in [-0.05, 0) is 55.3 Å². The predicted octanol–water partition coefficient (Wildman–Crippen LogP) is 3.65. The lowest BCUT2D eigenvalue weighted by Gasteiger charge is -2.26. The number of amides is 3. The highest BCUT2D eigenvalue weighted by Gasteiger charge is 2.19. The average Bonchev–Trinajstić information content (AvgIpc) is 2.75. The van der Waals surface area contributed by atoms with Crippen LogP contribution in [-0.2, 0) is 14.3 Å². The standard InChI is InChI=1S/C22H25N3O5/c1-29-13-14-30-22(28)24-18-6-4-5-17(15-18)23-21(27)16-8-10-19(11-9-16)25-12-3-2-7-20(25)26/h4-6,8-11,15H,2-3,7,12-14H2,1H3,(H,23,27)(H,24,28). The monoisotopic (exact) mass is 411 g/mol. The number of anilines is 3. The molecule has 2 aromatic rings. The number of carbonyl (C=O) groups is 3. The van der Waals surface area contributed by atoms with Gasteiger partial charge in [0.2, 0.25) is 5.91 Å². The third-order valence-corrected chi connectivity index (χ3v) is 4.65. The molecule has 0 aromatic heterocycles. The maximum atomic E-state index is 12.6. The summed E-state index contributed by atoms with van der Waals surface area (Å²) in [5.41, 5.74) is 2.30. The summed E-state index contributed by atoms with van der Waals surface area (Å²) in [7, 11) is 1.52. The zero-order valence-electron chi connectivity index (χ0n) is 16.8. The Balaban J connectivity index is 1.59. The average molecular weight is 411 g/mol. The molecule has 1 fully saturated rings. The van der Waals surface area contributed by atoms with Crippen LogP contribution in [0.15, 0.2) is 48.5 Å². The molecule has 8 heteroatoms. The molecule has 0 aliphatic carbocycles. The zero-order chi connectivity index (χ0) is 21.3. The Morgan fingerprint density at radius 3 is 2.43 bits per heavy atom. The smallest absolute Gasteiger partial charge is 0.411 e. The minimum Gasteiger partial charge on any atom is -0.447 e. The lowest BCUT2D eigenvalue weighted by Crippen LogP contribution is -2.35. The number of nitrogens with one attached hydrogen (secondary N) is 2. The van der Waals surface area contributed by atoms with Crippen LogP contribution >= 0.6 is 0 Å². The first-order chi connectivity index (χ1) is 14.6. The van der Waals surface area contributed by atoms with Crippen molar-refractivity contribution in [3.05, 3.63) is 54.1 Å². The van der Waals surface area contributed by atoms with E-state index in [2.05, 4.69) is 10.6 Å². The van der Waals surface area contributed by atoms with Gasteiger partial charge >= 0.3 is 6.09 Å². The molecule has 1 aliphatic heterocycles. The zero-order valence-corrected chi connectivity index (χ0v) is 16.8. The molecule has 1 heterocycles. The van der Waals surface area contributed by atoms with Crippen molar-refractivity contribution in [3.8, 4) is 0 Å². The van der Waals surface area contributed by atoms with Crippen molar-refractivity contribution >= 4 is 35.0 Å². The van der Waals surface area contributed by atoms with Crippen LogP contribution in [0.2, 0.25) is 0 Å². The number of rotatable bonds is 7. The molecule has 0 atom stereocenters. The Bertz CT molecular complexity index is 898. The Kier molecular flexibility index (Phi) is 7.40. The van der Waals surface area contributed by atoms with Crippen LogP contribution in [0.25, 0.3) is 0 Å². The second-order valence-corrected chi connectivity index (χ2v) is 6.84. The van der Waals surface area contributed by atoms with Gasteiger partial charge in [-0.2, -0.15) is 0 Å². The van der Waals surface area contributed by atoms with Gasteiger partial charge in [0.25, 0.3) is 5.91 Å². The van der Waals surface area contributed by atoms with E-state index in [0.29, 0.717) is 36.5 Å². The highest BCUT2D eigenvalue weighted by molar-refractivity contribution is 6.05. The second-order valence-electron chi connectivity index (χ2n) is 6.84. The fraction of sp³-hybridized carbons (Fsp3) is 0.318. The molecule has 0 unspecified atom stereocenters. The maximum Gasteiger partial charge on any atom is 0.411 e. The largest absolute Gasteiger partial charge is 0.447 e. The van der Waals surface area contributed by atoms with E-state index in [-0.39, 0.29) is 18.4 Å². The van der Waals surface area contributed by atoms with Crippen molar-refractivity contribution in [1.82, 2.24) is 0 Å². The van der Waals surface area contributed by atoms with E-state index in [9.17, 15) is 14.4 Å². The molecule has 3 amide bonds. The fourth-order valence-electron chi connectivity index (χ4n) is 3.12. The molecule has 30 heavy (non-hydrogen) atoms. The molecule has 2 N–H and O–H groups in total. The summed E-state index contributed by atoms with van der Waals surface area (Å²) in [4.78, 5) is 38.1. The van der Waals surface area contributed by atoms with Crippen molar-refractivity contribution < 1.29 is 23.9 Å². The first-order valence-corrected chi connectivity index (χ1v) is 9.81. The molecular weight excluding hydrogens is 386 g/mol. The van der Waals surface area contributed by atoms with E-state index in [0.717, 1.165) is 18.5 Å². The van der Waals surface area contributed by atoms with Gasteiger partial charge < -0.3 is 19.7 Å². The molecular formula is C22H25N3O5. The molecule has 8 nitrogen and oxygen atoms in total. The molecule has 0 saturated carbocycles. The minimum absolute atomic E-state index is 0.114. The lowest BCUT2D eigenvalue weighted by molar-refractivity contribution is -0.119. The number of nitrogens with zero attached hydrogens (tertiary/aromatic N) is 1. The van der Waals surface area contributed by atoms with Crippen LogP contribution in [0.5, 0.6) is 0 Å². The van der Waals surface area contributed by atoms with Crippen LogP contribution < -0.4 is 15.5 Å². The van der Waals surface area contributed by atoms with Crippen molar-refractivity contribution in [2.45, 2.75) is 19.3 Å². The van der Waals surface area contributed by atoms with Crippen LogP contribution in [-0.4, -0.2) is 44.8 Å². The molecule has 1 saturated heterocycles. The van der Waals surface area contributed by atoms with E-state index >= 15 is 0 Å². The third kappa shape index (κ3) is 5.81. The van der Waals surface area contributed by atoms with Crippen molar-refractivity contribution in [3.63, 3.8) is 0 Å². The Morgan fingerprint density at radius 1 is 1.00 bits per heavy atom. The van der Waals surface area contributed by atoms with Gasteiger partial charge in [0, 0.05) is 42.7 Å². The molecule has 158 valence electrons. The summed E-state index contributed by atoms with van der Waals surface area (Å²) in [6.07, 6.45) is 1.87. The van der Waals surface area contributed by atoms with Gasteiger partial charge in [-0.1, -0.05) is 6.07 Å². The number of benzene rings is 2. The van der Waals surface area contributed by atoms with E-state index in [4.69, 9.17) is 9.47 Å². The summed E-state index contributed by atoms with van der Waals surface area (Å²) in [6.45, 7) is 1.17. The van der Waals surface area contributed by atoms with Gasteiger partial charge in [0.1, 0.15) is 6.61 Å².